The molecule has 76 valence electrons. The Bertz CT molecular complexity index is 336. The fourth-order valence-electron chi connectivity index (χ4n) is 1.15. The number of benzene rings is 1. The second-order valence-electron chi connectivity index (χ2n) is 2.76. The highest BCUT2D eigenvalue weighted by atomic mass is 35.5. The topological polar surface area (TPSA) is 46.5 Å². The predicted octanol–water partition coefficient (Wildman–Crippen LogP) is 2.37. The van der Waals surface area contributed by atoms with Crippen molar-refractivity contribution in [1.82, 2.24) is 0 Å². The molecule has 0 saturated heterocycles. The van der Waals surface area contributed by atoms with E-state index in [1.54, 1.807) is 18.2 Å². The number of aliphatic carboxylic acids is 1. The molecule has 4 heteroatoms. The number of carbonyl (C=O) groups is 1. The fraction of sp³-hybridized carbons (Fsp3) is 0.300. The molecule has 0 aromatic heterocycles. The van der Waals surface area contributed by atoms with Crippen LogP contribution in [0.2, 0.25) is 5.02 Å². The lowest BCUT2D eigenvalue weighted by atomic mass is 10.1. The molecule has 1 N–H and O–H groups in total. The van der Waals surface area contributed by atoms with E-state index in [0.717, 1.165) is 0 Å². The summed E-state index contributed by atoms with van der Waals surface area (Å²) in [6.45, 7) is 2.35. The highest BCUT2D eigenvalue weighted by Crippen LogP contribution is 2.23. The third-order valence-electron chi connectivity index (χ3n) is 1.66. The number of rotatable bonds is 4. The predicted molar refractivity (Wildman–Crippen MR) is 54.0 cm³/mol. The summed E-state index contributed by atoms with van der Waals surface area (Å²) < 4.78 is 5.27. The zero-order chi connectivity index (χ0) is 10.6. The number of hydrogen-bond donors (Lipinski definition) is 1. The normalized spacial score (nSPS) is 9.86. The minimum absolute atomic E-state index is 0.0735. The second kappa shape index (κ2) is 4.86. The molecule has 0 radical (unpaired) electrons. The van der Waals surface area contributed by atoms with Gasteiger partial charge in [-0.3, -0.25) is 4.79 Å². The first-order valence-corrected chi connectivity index (χ1v) is 4.64. The zero-order valence-electron chi connectivity index (χ0n) is 7.79. The van der Waals surface area contributed by atoms with Gasteiger partial charge in [-0.1, -0.05) is 11.6 Å². The van der Waals surface area contributed by atoms with Crippen LogP contribution in [0.5, 0.6) is 5.75 Å². The van der Waals surface area contributed by atoms with Crippen LogP contribution in [0.3, 0.4) is 0 Å². The molecule has 0 aliphatic rings. The van der Waals surface area contributed by atoms with Gasteiger partial charge in [-0.05, 0) is 25.1 Å². The Hall–Kier alpha value is -1.22. The van der Waals surface area contributed by atoms with Crippen LogP contribution in [-0.4, -0.2) is 17.7 Å². The van der Waals surface area contributed by atoms with Crippen LogP contribution < -0.4 is 4.74 Å². The van der Waals surface area contributed by atoms with Crippen molar-refractivity contribution >= 4 is 17.6 Å². The molecule has 3 nitrogen and oxygen atoms in total. The van der Waals surface area contributed by atoms with E-state index in [2.05, 4.69) is 0 Å². The van der Waals surface area contributed by atoms with Crippen LogP contribution in [0.4, 0.5) is 0 Å². The maximum Gasteiger partial charge on any atom is 0.307 e. The highest BCUT2D eigenvalue weighted by Gasteiger charge is 2.08. The van der Waals surface area contributed by atoms with Gasteiger partial charge in [-0.2, -0.15) is 0 Å². The Balaban J connectivity index is 2.96. The van der Waals surface area contributed by atoms with E-state index in [9.17, 15) is 4.79 Å². The summed E-state index contributed by atoms with van der Waals surface area (Å²) in [6.07, 6.45) is -0.0735. The van der Waals surface area contributed by atoms with Crippen LogP contribution in [0.1, 0.15) is 12.5 Å². The first kappa shape index (κ1) is 10.9. The highest BCUT2D eigenvalue weighted by molar-refractivity contribution is 6.30. The smallest absolute Gasteiger partial charge is 0.307 e. The largest absolute Gasteiger partial charge is 0.494 e. The van der Waals surface area contributed by atoms with E-state index >= 15 is 0 Å². The standard InChI is InChI=1S/C10H11ClO3/c1-2-14-9-4-3-8(11)5-7(9)6-10(12)13/h3-5H,2,6H2,1H3,(H,12,13). The minimum atomic E-state index is -0.895. The van der Waals surface area contributed by atoms with E-state index in [0.29, 0.717) is 22.9 Å². The van der Waals surface area contributed by atoms with Crippen LogP contribution in [-0.2, 0) is 11.2 Å². The molecule has 0 bridgehead atoms. The SMILES string of the molecule is CCOc1ccc(Cl)cc1CC(=O)O. The number of carboxylic acids is 1. The van der Waals surface area contributed by atoms with Crippen molar-refractivity contribution in [2.24, 2.45) is 0 Å². The van der Waals surface area contributed by atoms with Gasteiger partial charge < -0.3 is 9.84 Å². The molecule has 0 aliphatic carbocycles. The number of carboxylic acid groups (broad SMARTS) is 1. The van der Waals surface area contributed by atoms with E-state index in [1.165, 1.54) is 0 Å². The average Bonchev–Trinajstić information content (AvgIpc) is 2.09. The first-order valence-electron chi connectivity index (χ1n) is 4.26. The Kier molecular flexibility index (Phi) is 3.77. The van der Waals surface area contributed by atoms with Gasteiger partial charge in [0.2, 0.25) is 0 Å². The van der Waals surface area contributed by atoms with Gasteiger partial charge in [0.25, 0.3) is 0 Å². The summed E-state index contributed by atoms with van der Waals surface area (Å²) in [4.78, 5) is 10.5. The molecule has 14 heavy (non-hydrogen) atoms. The van der Waals surface area contributed by atoms with Crippen LogP contribution in [0, 0.1) is 0 Å². The maximum atomic E-state index is 10.5. The van der Waals surface area contributed by atoms with E-state index < -0.39 is 5.97 Å². The van der Waals surface area contributed by atoms with Crippen molar-refractivity contribution < 1.29 is 14.6 Å². The van der Waals surface area contributed by atoms with Gasteiger partial charge in [-0.15, -0.1) is 0 Å². The number of ether oxygens (including phenoxy) is 1. The number of halogens is 1. The Morgan fingerprint density at radius 3 is 2.86 bits per heavy atom. The van der Waals surface area contributed by atoms with Crippen LogP contribution in [0.25, 0.3) is 0 Å². The lowest BCUT2D eigenvalue weighted by Gasteiger charge is -2.08. The molecular weight excluding hydrogens is 204 g/mol. The quantitative estimate of drug-likeness (QED) is 0.837. The molecule has 1 aromatic rings. The molecule has 0 heterocycles. The second-order valence-corrected chi connectivity index (χ2v) is 3.19. The summed E-state index contributed by atoms with van der Waals surface area (Å²) in [6, 6.07) is 4.97. The summed E-state index contributed by atoms with van der Waals surface area (Å²) in [5, 5.41) is 9.17. The Morgan fingerprint density at radius 2 is 2.29 bits per heavy atom. The van der Waals surface area contributed by atoms with Crippen molar-refractivity contribution in [3.8, 4) is 5.75 Å². The molecule has 0 amide bonds. The van der Waals surface area contributed by atoms with Crippen LogP contribution in [0.15, 0.2) is 18.2 Å². The summed E-state index contributed by atoms with van der Waals surface area (Å²) in [7, 11) is 0. The fourth-order valence-corrected chi connectivity index (χ4v) is 1.34. The first-order chi connectivity index (χ1) is 6.63. The molecule has 0 aliphatic heterocycles. The third-order valence-corrected chi connectivity index (χ3v) is 1.90. The third kappa shape index (κ3) is 2.92. The zero-order valence-corrected chi connectivity index (χ0v) is 8.54. The van der Waals surface area contributed by atoms with E-state index in [-0.39, 0.29) is 6.42 Å². The van der Waals surface area contributed by atoms with Crippen LogP contribution >= 0.6 is 11.6 Å². The molecule has 0 unspecified atom stereocenters. The molecule has 0 saturated carbocycles. The van der Waals surface area contributed by atoms with Gasteiger partial charge in [0.05, 0.1) is 13.0 Å². The Morgan fingerprint density at radius 1 is 1.57 bits per heavy atom. The van der Waals surface area contributed by atoms with E-state index in [1.807, 2.05) is 6.92 Å². The molecular formula is C10H11ClO3. The maximum absolute atomic E-state index is 10.5. The average molecular weight is 215 g/mol. The minimum Gasteiger partial charge on any atom is -0.494 e. The van der Waals surface area contributed by atoms with E-state index in [4.69, 9.17) is 21.4 Å². The summed E-state index contributed by atoms with van der Waals surface area (Å²) in [5.41, 5.74) is 0.604. The van der Waals surface area contributed by atoms with Crippen molar-refractivity contribution in [3.05, 3.63) is 28.8 Å². The number of hydrogen-bond acceptors (Lipinski definition) is 2. The van der Waals surface area contributed by atoms with Crippen molar-refractivity contribution in [3.63, 3.8) is 0 Å². The Labute approximate surface area is 87.3 Å². The lowest BCUT2D eigenvalue weighted by molar-refractivity contribution is -0.136. The molecule has 0 fully saturated rings. The molecule has 0 spiro atoms. The summed E-state index contributed by atoms with van der Waals surface area (Å²) >= 11 is 5.75. The monoisotopic (exact) mass is 214 g/mol. The van der Waals surface area contributed by atoms with Gasteiger partial charge in [0.15, 0.2) is 0 Å². The van der Waals surface area contributed by atoms with Gasteiger partial charge in [0, 0.05) is 10.6 Å². The van der Waals surface area contributed by atoms with Gasteiger partial charge in [0.1, 0.15) is 5.75 Å². The van der Waals surface area contributed by atoms with Crippen molar-refractivity contribution in [2.75, 3.05) is 6.61 Å². The van der Waals surface area contributed by atoms with Crippen molar-refractivity contribution in [2.45, 2.75) is 13.3 Å². The van der Waals surface area contributed by atoms with Gasteiger partial charge >= 0.3 is 5.97 Å². The summed E-state index contributed by atoms with van der Waals surface area (Å²) in [5.74, 6) is -0.312. The lowest BCUT2D eigenvalue weighted by Crippen LogP contribution is -2.03. The molecule has 1 rings (SSSR count). The van der Waals surface area contributed by atoms with Crippen molar-refractivity contribution in [1.29, 1.82) is 0 Å². The van der Waals surface area contributed by atoms with Gasteiger partial charge in [-0.25, -0.2) is 0 Å². The molecule has 1 aromatic carbocycles. The molecule has 0 atom stereocenters.